The van der Waals surface area contributed by atoms with E-state index >= 15 is 0 Å². The molecule has 0 aliphatic heterocycles. The molecule has 0 fully saturated rings. The van der Waals surface area contributed by atoms with Crippen molar-refractivity contribution in [3.05, 3.63) is 29.8 Å². The molecule has 3 nitrogen and oxygen atoms in total. The van der Waals surface area contributed by atoms with Gasteiger partial charge in [-0.3, -0.25) is 4.99 Å². The van der Waals surface area contributed by atoms with Crippen molar-refractivity contribution in [2.45, 2.75) is 19.8 Å². The zero-order valence-electron chi connectivity index (χ0n) is 8.10. The molecule has 74 valence electrons. The number of carboxylic acid groups (broad SMARTS) is 1. The lowest BCUT2D eigenvalue weighted by Crippen LogP contribution is -1.94. The summed E-state index contributed by atoms with van der Waals surface area (Å²) >= 11 is 0. The van der Waals surface area contributed by atoms with Gasteiger partial charge in [0.2, 0.25) is 0 Å². The topological polar surface area (TPSA) is 49.7 Å². The van der Waals surface area contributed by atoms with Gasteiger partial charge < -0.3 is 5.11 Å². The van der Waals surface area contributed by atoms with E-state index in [2.05, 4.69) is 11.9 Å². The van der Waals surface area contributed by atoms with Crippen LogP contribution in [0.2, 0.25) is 0 Å². The van der Waals surface area contributed by atoms with E-state index in [0.717, 1.165) is 18.5 Å². The second-order valence-corrected chi connectivity index (χ2v) is 2.95. The summed E-state index contributed by atoms with van der Waals surface area (Å²) in [5.41, 5.74) is 1.09. The van der Waals surface area contributed by atoms with Gasteiger partial charge in [-0.15, -0.1) is 0 Å². The maximum Gasteiger partial charge on any atom is 0.335 e. The van der Waals surface area contributed by atoms with Gasteiger partial charge in [0.1, 0.15) is 0 Å². The highest BCUT2D eigenvalue weighted by Gasteiger charge is 1.99. The van der Waals surface area contributed by atoms with Crippen LogP contribution in [0, 0.1) is 0 Å². The summed E-state index contributed by atoms with van der Waals surface area (Å²) in [4.78, 5) is 14.7. The molecule has 0 aliphatic rings. The third kappa shape index (κ3) is 3.01. The van der Waals surface area contributed by atoms with Crippen molar-refractivity contribution in [2.24, 2.45) is 4.99 Å². The number of nitrogens with zero attached hydrogens (tertiary/aromatic N) is 1. The van der Waals surface area contributed by atoms with Crippen LogP contribution in [-0.2, 0) is 0 Å². The van der Waals surface area contributed by atoms with Crippen LogP contribution < -0.4 is 0 Å². The van der Waals surface area contributed by atoms with Gasteiger partial charge in [-0.2, -0.15) is 0 Å². The first-order valence-electron chi connectivity index (χ1n) is 4.60. The highest BCUT2D eigenvalue weighted by Crippen LogP contribution is 2.12. The minimum absolute atomic E-state index is 0.291. The van der Waals surface area contributed by atoms with E-state index in [1.165, 1.54) is 0 Å². The Morgan fingerprint density at radius 3 is 2.57 bits per heavy atom. The summed E-state index contributed by atoms with van der Waals surface area (Å²) in [6.07, 6.45) is 3.85. The fourth-order valence-electron chi connectivity index (χ4n) is 0.989. The van der Waals surface area contributed by atoms with E-state index in [-0.39, 0.29) is 0 Å². The van der Waals surface area contributed by atoms with Crippen molar-refractivity contribution in [3.63, 3.8) is 0 Å². The van der Waals surface area contributed by atoms with Crippen LogP contribution in [0.5, 0.6) is 0 Å². The van der Waals surface area contributed by atoms with Gasteiger partial charge in [-0.1, -0.05) is 13.3 Å². The molecule has 1 rings (SSSR count). The number of aliphatic imine (C=N–C) groups is 1. The Hall–Kier alpha value is -1.64. The molecule has 0 amide bonds. The van der Waals surface area contributed by atoms with Crippen molar-refractivity contribution < 1.29 is 9.90 Å². The van der Waals surface area contributed by atoms with E-state index in [9.17, 15) is 4.79 Å². The lowest BCUT2D eigenvalue weighted by atomic mass is 10.2. The van der Waals surface area contributed by atoms with E-state index in [4.69, 9.17) is 5.11 Å². The molecule has 0 atom stereocenters. The molecule has 0 heterocycles. The molecule has 3 heteroatoms. The third-order valence-electron chi connectivity index (χ3n) is 1.77. The predicted molar refractivity (Wildman–Crippen MR) is 56.5 cm³/mol. The molecular formula is C11H13NO2. The number of carboxylic acids is 1. The van der Waals surface area contributed by atoms with E-state index in [0.29, 0.717) is 5.56 Å². The van der Waals surface area contributed by atoms with Crippen LogP contribution in [0.3, 0.4) is 0 Å². The number of rotatable bonds is 4. The Morgan fingerprint density at radius 1 is 1.43 bits per heavy atom. The second kappa shape index (κ2) is 5.17. The summed E-state index contributed by atoms with van der Waals surface area (Å²) < 4.78 is 0. The number of unbranched alkanes of at least 4 members (excludes halogenated alkanes) is 1. The van der Waals surface area contributed by atoms with Gasteiger partial charge in [-0.25, -0.2) is 4.79 Å². The maximum absolute atomic E-state index is 10.5. The van der Waals surface area contributed by atoms with Gasteiger partial charge in [0.25, 0.3) is 0 Å². The van der Waals surface area contributed by atoms with Gasteiger partial charge >= 0.3 is 5.97 Å². The molecule has 0 aromatic heterocycles. The molecule has 0 aliphatic carbocycles. The maximum atomic E-state index is 10.5. The Labute approximate surface area is 83.1 Å². The summed E-state index contributed by atoms with van der Waals surface area (Å²) in [6, 6.07) is 6.52. The summed E-state index contributed by atoms with van der Waals surface area (Å²) in [6.45, 7) is 2.08. The Morgan fingerprint density at radius 2 is 2.07 bits per heavy atom. The summed E-state index contributed by atoms with van der Waals surface area (Å²) in [7, 11) is 0. The Bertz CT molecular complexity index is 328. The fourth-order valence-corrected chi connectivity index (χ4v) is 0.989. The van der Waals surface area contributed by atoms with Crippen LogP contribution in [0.15, 0.2) is 29.3 Å². The third-order valence-corrected chi connectivity index (χ3v) is 1.77. The first-order chi connectivity index (χ1) is 6.74. The zero-order valence-corrected chi connectivity index (χ0v) is 8.10. The first-order valence-corrected chi connectivity index (χ1v) is 4.60. The number of hydrogen-bond donors (Lipinski definition) is 1. The number of carbonyl (C=O) groups is 1. The number of hydrogen-bond acceptors (Lipinski definition) is 2. The van der Waals surface area contributed by atoms with Gasteiger partial charge in [0.15, 0.2) is 0 Å². The molecule has 0 unspecified atom stereocenters. The average molecular weight is 191 g/mol. The van der Waals surface area contributed by atoms with Crippen LogP contribution in [0.25, 0.3) is 0 Å². The molecule has 1 aromatic carbocycles. The minimum Gasteiger partial charge on any atom is -0.478 e. The lowest BCUT2D eigenvalue weighted by molar-refractivity contribution is 0.0697. The van der Waals surface area contributed by atoms with Crippen LogP contribution in [0.1, 0.15) is 30.1 Å². The van der Waals surface area contributed by atoms with E-state index in [1.54, 1.807) is 24.3 Å². The van der Waals surface area contributed by atoms with Gasteiger partial charge in [0.05, 0.1) is 11.3 Å². The van der Waals surface area contributed by atoms with Crippen LogP contribution in [-0.4, -0.2) is 17.3 Å². The second-order valence-electron chi connectivity index (χ2n) is 2.95. The average Bonchev–Trinajstić information content (AvgIpc) is 2.19. The molecule has 0 spiro atoms. The predicted octanol–water partition coefficient (Wildman–Crippen LogP) is 2.89. The Balaban J connectivity index is 2.68. The van der Waals surface area contributed by atoms with Crippen molar-refractivity contribution in [3.8, 4) is 0 Å². The molecule has 0 radical (unpaired) electrons. The zero-order chi connectivity index (χ0) is 10.4. The molecule has 1 aromatic rings. The largest absolute Gasteiger partial charge is 0.478 e. The molecule has 0 bridgehead atoms. The van der Waals surface area contributed by atoms with Crippen LogP contribution in [0.4, 0.5) is 5.69 Å². The highest BCUT2D eigenvalue weighted by atomic mass is 16.4. The summed E-state index contributed by atoms with van der Waals surface area (Å²) in [5.74, 6) is -0.908. The van der Waals surface area contributed by atoms with Crippen molar-refractivity contribution in [1.29, 1.82) is 0 Å². The fraction of sp³-hybridized carbons (Fsp3) is 0.273. The SMILES string of the molecule is CCCC=Nc1ccc(C(=O)O)cc1. The van der Waals surface area contributed by atoms with Crippen LogP contribution >= 0.6 is 0 Å². The molecule has 1 N–H and O–H groups in total. The van der Waals surface area contributed by atoms with Crippen molar-refractivity contribution in [1.82, 2.24) is 0 Å². The standard InChI is InChI=1S/C11H13NO2/c1-2-3-8-12-10-6-4-9(5-7-10)11(13)14/h4-8H,2-3H2,1H3,(H,13,14). The molecule has 0 saturated carbocycles. The van der Waals surface area contributed by atoms with Gasteiger partial charge in [-0.05, 0) is 30.7 Å². The normalized spacial score (nSPS) is 10.6. The van der Waals surface area contributed by atoms with Crippen molar-refractivity contribution >= 4 is 17.9 Å². The minimum atomic E-state index is -0.908. The Kier molecular flexibility index (Phi) is 3.85. The highest BCUT2D eigenvalue weighted by molar-refractivity contribution is 5.88. The monoisotopic (exact) mass is 191 g/mol. The van der Waals surface area contributed by atoms with Crippen molar-refractivity contribution in [2.75, 3.05) is 0 Å². The van der Waals surface area contributed by atoms with E-state index < -0.39 is 5.97 Å². The first kappa shape index (κ1) is 10.4. The molecular weight excluding hydrogens is 178 g/mol. The lowest BCUT2D eigenvalue weighted by Gasteiger charge is -1.95. The smallest absolute Gasteiger partial charge is 0.335 e. The number of aromatic carboxylic acids is 1. The van der Waals surface area contributed by atoms with Gasteiger partial charge in [0, 0.05) is 6.21 Å². The van der Waals surface area contributed by atoms with E-state index in [1.807, 2.05) is 6.21 Å². The molecule has 0 saturated heterocycles. The molecule has 14 heavy (non-hydrogen) atoms. The summed E-state index contributed by atoms with van der Waals surface area (Å²) in [5, 5.41) is 8.65. The quantitative estimate of drug-likeness (QED) is 0.744. The number of benzene rings is 1.